The fraction of sp³-hybridized carbons (Fsp3) is 1.00. The van der Waals surface area contributed by atoms with Crippen LogP contribution in [0.5, 0.6) is 0 Å². The third kappa shape index (κ3) is 7.05. The molecule has 1 fully saturated rings. The highest BCUT2D eigenvalue weighted by atomic mass is 16.5. The van der Waals surface area contributed by atoms with Gasteiger partial charge in [-0.15, -0.1) is 0 Å². The molecule has 17 heavy (non-hydrogen) atoms. The minimum absolute atomic E-state index is 0.533. The molecule has 2 nitrogen and oxygen atoms in total. The Kier molecular flexibility index (Phi) is 8.72. The smallest absolute Gasteiger partial charge is 0.0601 e. The summed E-state index contributed by atoms with van der Waals surface area (Å²) in [6.45, 7) is 3.48. The summed E-state index contributed by atoms with van der Waals surface area (Å²) < 4.78 is 5.27. The van der Waals surface area contributed by atoms with Crippen LogP contribution in [-0.4, -0.2) is 25.8 Å². The van der Waals surface area contributed by atoms with Gasteiger partial charge in [0.1, 0.15) is 0 Å². The van der Waals surface area contributed by atoms with Crippen molar-refractivity contribution < 1.29 is 4.74 Å². The molecule has 1 aliphatic rings. The van der Waals surface area contributed by atoms with E-state index in [1.807, 2.05) is 7.11 Å². The van der Waals surface area contributed by atoms with Crippen LogP contribution in [0.1, 0.15) is 71.1 Å². The van der Waals surface area contributed by atoms with Gasteiger partial charge in [0.25, 0.3) is 0 Å². The van der Waals surface area contributed by atoms with Crippen molar-refractivity contribution in [2.24, 2.45) is 0 Å². The summed E-state index contributed by atoms with van der Waals surface area (Å²) in [6.07, 6.45) is 14.2. The molecule has 0 radical (unpaired) electrons. The van der Waals surface area contributed by atoms with Crippen LogP contribution < -0.4 is 5.32 Å². The Morgan fingerprint density at radius 2 is 1.53 bits per heavy atom. The average Bonchev–Trinajstić information content (AvgIpc) is 2.29. The maximum atomic E-state index is 5.27. The Balaban J connectivity index is 1.71. The van der Waals surface area contributed by atoms with Gasteiger partial charge in [0, 0.05) is 13.2 Å². The van der Waals surface area contributed by atoms with Gasteiger partial charge >= 0.3 is 0 Å². The quantitative estimate of drug-likeness (QED) is 0.554. The predicted octanol–water partition coefficient (Wildman–Crippen LogP) is 3.89. The van der Waals surface area contributed by atoms with Crippen molar-refractivity contribution in [2.75, 3.05) is 13.7 Å². The molecule has 0 spiro atoms. The highest BCUT2D eigenvalue weighted by Crippen LogP contribution is 2.22. The second-order valence-corrected chi connectivity index (χ2v) is 5.46. The van der Waals surface area contributed by atoms with Crippen molar-refractivity contribution in [1.82, 2.24) is 5.32 Å². The fourth-order valence-electron chi connectivity index (χ4n) is 2.49. The van der Waals surface area contributed by atoms with Crippen molar-refractivity contribution in [3.8, 4) is 0 Å². The molecule has 0 unspecified atom stereocenters. The van der Waals surface area contributed by atoms with Crippen molar-refractivity contribution >= 4 is 0 Å². The molecule has 1 rings (SSSR count). The number of nitrogens with one attached hydrogen (secondary N) is 1. The van der Waals surface area contributed by atoms with Crippen LogP contribution in [0, 0.1) is 0 Å². The van der Waals surface area contributed by atoms with E-state index in [9.17, 15) is 0 Å². The van der Waals surface area contributed by atoms with E-state index in [1.54, 1.807) is 0 Å². The Morgan fingerprint density at radius 3 is 2.12 bits per heavy atom. The Hall–Kier alpha value is -0.0800. The normalized spacial score (nSPS) is 23.6. The number of hydrogen-bond donors (Lipinski definition) is 1. The number of unbranched alkanes of at least 4 members (excludes halogenated alkanes) is 7. The van der Waals surface area contributed by atoms with Crippen molar-refractivity contribution in [3.05, 3.63) is 0 Å². The Labute approximate surface area is 108 Å². The number of rotatable bonds is 11. The summed E-state index contributed by atoms with van der Waals surface area (Å²) in [5.74, 6) is 0. The van der Waals surface area contributed by atoms with Gasteiger partial charge in [-0.3, -0.25) is 0 Å². The molecule has 0 aromatic carbocycles. The van der Waals surface area contributed by atoms with Crippen LogP contribution in [0.3, 0.4) is 0 Å². The Morgan fingerprint density at radius 1 is 0.941 bits per heavy atom. The lowest BCUT2D eigenvalue weighted by Crippen LogP contribution is -2.45. The second kappa shape index (κ2) is 9.90. The summed E-state index contributed by atoms with van der Waals surface area (Å²) in [5, 5.41) is 3.61. The van der Waals surface area contributed by atoms with E-state index in [-0.39, 0.29) is 0 Å². The molecule has 0 atom stereocenters. The first-order valence-corrected chi connectivity index (χ1v) is 7.63. The van der Waals surface area contributed by atoms with Gasteiger partial charge in [0.2, 0.25) is 0 Å². The van der Waals surface area contributed by atoms with E-state index in [0.717, 1.165) is 6.04 Å². The average molecular weight is 241 g/mol. The van der Waals surface area contributed by atoms with Gasteiger partial charge in [-0.05, 0) is 25.8 Å². The van der Waals surface area contributed by atoms with Gasteiger partial charge in [-0.25, -0.2) is 0 Å². The van der Waals surface area contributed by atoms with Gasteiger partial charge in [-0.1, -0.05) is 51.9 Å². The fourth-order valence-corrected chi connectivity index (χ4v) is 2.49. The van der Waals surface area contributed by atoms with E-state index in [4.69, 9.17) is 4.74 Å². The molecule has 0 bridgehead atoms. The molecule has 1 N–H and O–H groups in total. The zero-order chi connectivity index (χ0) is 12.3. The lowest BCUT2D eigenvalue weighted by Gasteiger charge is -2.34. The van der Waals surface area contributed by atoms with Crippen LogP contribution in [0.2, 0.25) is 0 Å². The monoisotopic (exact) mass is 241 g/mol. The topological polar surface area (TPSA) is 21.3 Å². The molecule has 0 aromatic heterocycles. The molecule has 0 amide bonds. The van der Waals surface area contributed by atoms with Gasteiger partial charge in [0.15, 0.2) is 0 Å². The van der Waals surface area contributed by atoms with Crippen LogP contribution in [0.25, 0.3) is 0 Å². The number of hydrogen-bond acceptors (Lipinski definition) is 2. The SMILES string of the molecule is CCCCCCCCCCNC1CC(OC)C1. The summed E-state index contributed by atoms with van der Waals surface area (Å²) in [7, 11) is 1.82. The van der Waals surface area contributed by atoms with Crippen LogP contribution >= 0.6 is 0 Å². The lowest BCUT2D eigenvalue weighted by atomic mass is 9.89. The third-order valence-electron chi connectivity index (χ3n) is 3.89. The number of methoxy groups -OCH3 is 1. The molecule has 2 heteroatoms. The molecular formula is C15H31NO. The molecule has 0 saturated heterocycles. The van der Waals surface area contributed by atoms with E-state index >= 15 is 0 Å². The van der Waals surface area contributed by atoms with Gasteiger partial charge in [-0.2, -0.15) is 0 Å². The van der Waals surface area contributed by atoms with Crippen LogP contribution in [-0.2, 0) is 4.74 Å². The molecule has 0 heterocycles. The highest BCUT2D eigenvalue weighted by molar-refractivity contribution is 4.85. The molecule has 0 aromatic rings. The second-order valence-electron chi connectivity index (χ2n) is 5.46. The Bertz CT molecular complexity index is 166. The van der Waals surface area contributed by atoms with Crippen molar-refractivity contribution in [1.29, 1.82) is 0 Å². The number of ether oxygens (including phenoxy) is 1. The van der Waals surface area contributed by atoms with E-state index in [0.29, 0.717) is 6.10 Å². The minimum atomic E-state index is 0.533. The first-order chi connectivity index (χ1) is 8.36. The molecule has 1 aliphatic carbocycles. The summed E-state index contributed by atoms with van der Waals surface area (Å²) in [4.78, 5) is 0. The maximum Gasteiger partial charge on any atom is 0.0601 e. The van der Waals surface area contributed by atoms with Crippen LogP contribution in [0.4, 0.5) is 0 Å². The van der Waals surface area contributed by atoms with E-state index < -0.39 is 0 Å². The lowest BCUT2D eigenvalue weighted by molar-refractivity contribution is 0.0175. The largest absolute Gasteiger partial charge is 0.381 e. The van der Waals surface area contributed by atoms with Gasteiger partial charge in [0.05, 0.1) is 6.10 Å². The predicted molar refractivity (Wildman–Crippen MR) is 74.4 cm³/mol. The zero-order valence-electron chi connectivity index (χ0n) is 11.8. The first kappa shape index (κ1) is 15.0. The van der Waals surface area contributed by atoms with E-state index in [1.165, 1.54) is 70.8 Å². The third-order valence-corrected chi connectivity index (χ3v) is 3.89. The van der Waals surface area contributed by atoms with Crippen molar-refractivity contribution in [2.45, 2.75) is 83.3 Å². The standard InChI is InChI=1S/C15H31NO/c1-3-4-5-6-7-8-9-10-11-16-14-12-15(13-14)17-2/h14-16H,3-13H2,1-2H3. The summed E-state index contributed by atoms with van der Waals surface area (Å²) >= 11 is 0. The molecular weight excluding hydrogens is 210 g/mol. The molecule has 1 saturated carbocycles. The maximum absolute atomic E-state index is 5.27. The summed E-state index contributed by atoms with van der Waals surface area (Å²) in [6, 6.07) is 0.740. The van der Waals surface area contributed by atoms with Crippen molar-refractivity contribution in [3.63, 3.8) is 0 Å². The van der Waals surface area contributed by atoms with E-state index in [2.05, 4.69) is 12.2 Å². The van der Waals surface area contributed by atoms with Crippen LogP contribution in [0.15, 0.2) is 0 Å². The first-order valence-electron chi connectivity index (χ1n) is 7.63. The molecule has 0 aliphatic heterocycles. The minimum Gasteiger partial charge on any atom is -0.381 e. The highest BCUT2D eigenvalue weighted by Gasteiger charge is 2.27. The van der Waals surface area contributed by atoms with Gasteiger partial charge < -0.3 is 10.1 Å². The molecule has 102 valence electrons. The summed E-state index contributed by atoms with van der Waals surface area (Å²) in [5.41, 5.74) is 0. The zero-order valence-corrected chi connectivity index (χ0v) is 11.8.